The Kier molecular flexibility index (Phi) is 12.0. The van der Waals surface area contributed by atoms with Gasteiger partial charge in [-0.3, -0.25) is 4.79 Å². The number of aliphatic hydroxyl groups is 1. The van der Waals surface area contributed by atoms with E-state index in [-0.39, 0.29) is 18.3 Å². The molecule has 1 aliphatic carbocycles. The van der Waals surface area contributed by atoms with Gasteiger partial charge in [-0.1, -0.05) is 50.5 Å². The normalized spacial score (nSPS) is 24.0. The summed E-state index contributed by atoms with van der Waals surface area (Å²) < 4.78 is 0. The number of allylic oxidation sites excluding steroid dienone is 4. The molecule has 1 fully saturated rings. The first-order chi connectivity index (χ1) is 13.4. The van der Waals surface area contributed by atoms with E-state index in [9.17, 15) is 14.7 Å². The SMILES string of the molecule is CCCCCC/C=C/[C@H]1[C@H](CN(C)C)CC(=O)[C@@H]1C/C=C\CCC(O)C(=O)O. The van der Waals surface area contributed by atoms with E-state index in [1.807, 2.05) is 12.2 Å². The van der Waals surface area contributed by atoms with Crippen LogP contribution in [0.3, 0.4) is 0 Å². The first-order valence-corrected chi connectivity index (χ1v) is 10.8. The third kappa shape index (κ3) is 9.16. The Morgan fingerprint density at radius 3 is 2.57 bits per heavy atom. The molecule has 0 aromatic rings. The van der Waals surface area contributed by atoms with E-state index < -0.39 is 12.1 Å². The lowest BCUT2D eigenvalue weighted by atomic mass is 9.86. The zero-order valence-corrected chi connectivity index (χ0v) is 17.8. The summed E-state index contributed by atoms with van der Waals surface area (Å²) in [5.74, 6) is -0.202. The van der Waals surface area contributed by atoms with Gasteiger partial charge < -0.3 is 15.1 Å². The minimum absolute atomic E-state index is 0.0116. The monoisotopic (exact) mass is 393 g/mol. The third-order valence-corrected chi connectivity index (χ3v) is 5.52. The van der Waals surface area contributed by atoms with Crippen LogP contribution in [0.1, 0.15) is 64.7 Å². The largest absolute Gasteiger partial charge is 0.479 e. The molecule has 0 spiro atoms. The molecule has 0 heterocycles. The van der Waals surface area contributed by atoms with Crippen LogP contribution < -0.4 is 0 Å². The van der Waals surface area contributed by atoms with Gasteiger partial charge in [0.05, 0.1) is 0 Å². The number of aliphatic hydroxyl groups excluding tert-OH is 1. The molecule has 28 heavy (non-hydrogen) atoms. The number of carbonyl (C=O) groups excluding carboxylic acids is 1. The molecule has 0 aliphatic heterocycles. The van der Waals surface area contributed by atoms with Gasteiger partial charge in [-0.25, -0.2) is 4.79 Å². The van der Waals surface area contributed by atoms with Crippen molar-refractivity contribution in [1.82, 2.24) is 4.90 Å². The Bertz CT molecular complexity index is 527. The molecule has 0 saturated heterocycles. The lowest BCUT2D eigenvalue weighted by Gasteiger charge is -2.23. The molecule has 0 radical (unpaired) electrons. The number of hydrogen-bond donors (Lipinski definition) is 2. The number of rotatable bonds is 14. The highest BCUT2D eigenvalue weighted by Crippen LogP contribution is 2.38. The summed E-state index contributed by atoms with van der Waals surface area (Å²) in [5, 5.41) is 18.0. The lowest BCUT2D eigenvalue weighted by molar-refractivity contribution is -0.146. The summed E-state index contributed by atoms with van der Waals surface area (Å²) in [5.41, 5.74) is 0. The second-order valence-corrected chi connectivity index (χ2v) is 8.29. The number of nitrogens with zero attached hydrogens (tertiary/aromatic N) is 1. The molecule has 1 saturated carbocycles. The van der Waals surface area contributed by atoms with Crippen LogP contribution in [0.15, 0.2) is 24.3 Å². The highest BCUT2D eigenvalue weighted by Gasteiger charge is 2.39. The predicted octanol–water partition coefficient (Wildman–Crippen LogP) is 4.07. The molecular formula is C23H39NO4. The van der Waals surface area contributed by atoms with Crippen LogP contribution in [0.5, 0.6) is 0 Å². The quantitative estimate of drug-likeness (QED) is 0.344. The molecular weight excluding hydrogens is 354 g/mol. The maximum atomic E-state index is 12.6. The van der Waals surface area contributed by atoms with Crippen molar-refractivity contribution in [2.24, 2.45) is 17.8 Å². The maximum Gasteiger partial charge on any atom is 0.332 e. The van der Waals surface area contributed by atoms with Gasteiger partial charge in [0, 0.05) is 18.9 Å². The third-order valence-electron chi connectivity index (χ3n) is 5.52. The standard InChI is InChI=1S/C23H39NO4/c1-4-5-6-7-8-10-13-19-18(17-24(2)3)16-22(26)20(19)14-11-9-12-15-21(25)23(27)28/h9-11,13,18-21,25H,4-8,12,14-17H2,1-3H3,(H,27,28)/b11-9-,13-10+/t18-,19-,20+,21?/m0/s1. The lowest BCUT2D eigenvalue weighted by Crippen LogP contribution is -2.25. The molecule has 1 rings (SSSR count). The second-order valence-electron chi connectivity index (χ2n) is 8.29. The fraction of sp³-hybridized carbons (Fsp3) is 0.739. The molecule has 160 valence electrons. The number of aliphatic carboxylic acids is 1. The molecule has 0 aromatic carbocycles. The van der Waals surface area contributed by atoms with E-state index in [1.54, 1.807) is 0 Å². The molecule has 0 aromatic heterocycles. The summed E-state index contributed by atoms with van der Waals surface area (Å²) in [4.78, 5) is 25.4. The van der Waals surface area contributed by atoms with Gasteiger partial charge in [0.1, 0.15) is 5.78 Å². The maximum absolute atomic E-state index is 12.6. The molecule has 0 bridgehead atoms. The minimum atomic E-state index is -1.31. The van der Waals surface area contributed by atoms with E-state index in [1.165, 1.54) is 25.7 Å². The van der Waals surface area contributed by atoms with Gasteiger partial charge in [0.15, 0.2) is 6.10 Å². The predicted molar refractivity (Wildman–Crippen MR) is 113 cm³/mol. The number of carboxylic acids is 1. The number of hydrogen-bond acceptors (Lipinski definition) is 4. The Hall–Kier alpha value is -1.46. The van der Waals surface area contributed by atoms with Crippen LogP contribution in [0.25, 0.3) is 0 Å². The summed E-state index contributed by atoms with van der Waals surface area (Å²) in [7, 11) is 4.11. The Morgan fingerprint density at radius 1 is 1.18 bits per heavy atom. The smallest absolute Gasteiger partial charge is 0.332 e. The van der Waals surface area contributed by atoms with Gasteiger partial charge in [-0.05, 0) is 58.0 Å². The van der Waals surface area contributed by atoms with Crippen molar-refractivity contribution >= 4 is 11.8 Å². The van der Waals surface area contributed by atoms with Crippen molar-refractivity contribution in [2.45, 2.75) is 70.8 Å². The Labute approximate surface area is 170 Å². The van der Waals surface area contributed by atoms with Crippen LogP contribution in [-0.2, 0) is 9.59 Å². The summed E-state index contributed by atoms with van der Waals surface area (Å²) in [6.07, 6.45) is 15.2. The molecule has 0 amide bonds. The highest BCUT2D eigenvalue weighted by atomic mass is 16.4. The van der Waals surface area contributed by atoms with E-state index in [2.05, 4.69) is 38.1 Å². The number of carboxylic acid groups (broad SMARTS) is 1. The van der Waals surface area contributed by atoms with Gasteiger partial charge in [0.2, 0.25) is 0 Å². The van der Waals surface area contributed by atoms with E-state index >= 15 is 0 Å². The van der Waals surface area contributed by atoms with Gasteiger partial charge >= 0.3 is 5.97 Å². The average molecular weight is 394 g/mol. The topological polar surface area (TPSA) is 77.8 Å². The van der Waals surface area contributed by atoms with Crippen molar-refractivity contribution < 1.29 is 19.8 Å². The molecule has 1 unspecified atom stereocenters. The Balaban J connectivity index is 2.61. The number of Topliss-reactive ketones (excluding diaryl/α,β-unsaturated/α-hetero) is 1. The molecule has 1 aliphatic rings. The van der Waals surface area contributed by atoms with E-state index in [0.717, 1.165) is 13.0 Å². The molecule has 5 nitrogen and oxygen atoms in total. The fourth-order valence-electron chi connectivity index (χ4n) is 4.00. The van der Waals surface area contributed by atoms with Gasteiger partial charge in [0.25, 0.3) is 0 Å². The van der Waals surface area contributed by atoms with Crippen molar-refractivity contribution in [3.8, 4) is 0 Å². The molecule has 4 atom stereocenters. The Morgan fingerprint density at radius 2 is 1.93 bits per heavy atom. The van der Waals surface area contributed by atoms with E-state index in [0.29, 0.717) is 31.0 Å². The molecule has 2 N–H and O–H groups in total. The van der Waals surface area contributed by atoms with Crippen LogP contribution in [-0.4, -0.2) is 53.6 Å². The summed E-state index contributed by atoms with van der Waals surface area (Å²) in [6.45, 7) is 3.13. The van der Waals surface area contributed by atoms with Crippen LogP contribution >= 0.6 is 0 Å². The first-order valence-electron chi connectivity index (χ1n) is 10.8. The highest BCUT2D eigenvalue weighted by molar-refractivity contribution is 5.84. The van der Waals surface area contributed by atoms with Crippen molar-refractivity contribution in [3.05, 3.63) is 24.3 Å². The first kappa shape index (κ1) is 24.6. The van der Waals surface area contributed by atoms with Crippen LogP contribution in [0, 0.1) is 17.8 Å². The minimum Gasteiger partial charge on any atom is -0.479 e. The van der Waals surface area contributed by atoms with Crippen molar-refractivity contribution in [1.29, 1.82) is 0 Å². The number of ketones is 1. The number of unbranched alkanes of at least 4 members (excludes halogenated alkanes) is 4. The van der Waals surface area contributed by atoms with Gasteiger partial charge in [-0.15, -0.1) is 0 Å². The van der Waals surface area contributed by atoms with Crippen LogP contribution in [0.2, 0.25) is 0 Å². The van der Waals surface area contributed by atoms with Crippen molar-refractivity contribution in [3.63, 3.8) is 0 Å². The number of carbonyl (C=O) groups is 2. The molecule has 5 heteroatoms. The van der Waals surface area contributed by atoms with Crippen molar-refractivity contribution in [2.75, 3.05) is 20.6 Å². The second kappa shape index (κ2) is 13.7. The summed E-state index contributed by atoms with van der Waals surface area (Å²) >= 11 is 0. The van der Waals surface area contributed by atoms with Crippen LogP contribution in [0.4, 0.5) is 0 Å². The van der Waals surface area contributed by atoms with E-state index in [4.69, 9.17) is 5.11 Å². The van der Waals surface area contributed by atoms with Gasteiger partial charge in [-0.2, -0.15) is 0 Å². The fourth-order valence-corrected chi connectivity index (χ4v) is 4.00. The average Bonchev–Trinajstić information content (AvgIpc) is 2.91. The zero-order chi connectivity index (χ0) is 20.9. The zero-order valence-electron chi connectivity index (χ0n) is 17.8. The summed E-state index contributed by atoms with van der Waals surface area (Å²) in [6, 6.07) is 0.